The molecule has 1 saturated heterocycles. The summed E-state index contributed by atoms with van der Waals surface area (Å²) >= 11 is 6.51. The molecule has 1 aromatic carbocycles. The molecule has 11 heteroatoms. The first kappa shape index (κ1) is 24.3. The fourth-order valence-electron chi connectivity index (χ4n) is 4.39. The number of carbonyl (C=O) groups excluding carboxylic acids is 1. The lowest BCUT2D eigenvalue weighted by molar-refractivity contribution is -0.101. The van der Waals surface area contributed by atoms with Crippen molar-refractivity contribution in [3.05, 3.63) is 44.7 Å². The Balaban J connectivity index is 1.60. The van der Waals surface area contributed by atoms with E-state index in [9.17, 15) is 18.0 Å². The van der Waals surface area contributed by atoms with Gasteiger partial charge in [0.05, 0.1) is 47.3 Å². The van der Waals surface area contributed by atoms with Gasteiger partial charge in [0.25, 0.3) is 5.56 Å². The molecule has 1 aromatic heterocycles. The number of carbonyl (C=O) groups is 1. The lowest BCUT2D eigenvalue weighted by atomic mass is 10.0. The van der Waals surface area contributed by atoms with E-state index >= 15 is 0 Å². The van der Waals surface area contributed by atoms with Gasteiger partial charge in [-0.05, 0) is 44.4 Å². The number of esters is 1. The molecule has 0 bridgehead atoms. The summed E-state index contributed by atoms with van der Waals surface area (Å²) in [4.78, 5) is 26.0. The second-order valence-corrected chi connectivity index (χ2v) is 11.6. The summed E-state index contributed by atoms with van der Waals surface area (Å²) in [6.07, 6.45) is 0.821. The molecule has 188 valence electrons. The Bertz CT molecular complexity index is 1340. The Morgan fingerprint density at radius 3 is 2.66 bits per heavy atom. The number of hydrogen-bond acceptors (Lipinski definition) is 8. The van der Waals surface area contributed by atoms with E-state index in [1.165, 1.54) is 22.8 Å². The second kappa shape index (κ2) is 9.24. The first-order valence-corrected chi connectivity index (χ1v) is 13.6. The predicted molar refractivity (Wildman–Crippen MR) is 127 cm³/mol. The predicted octanol–water partition coefficient (Wildman–Crippen LogP) is 3.15. The van der Waals surface area contributed by atoms with E-state index in [1.54, 1.807) is 13.8 Å². The Kier molecular flexibility index (Phi) is 6.41. The molecule has 1 atom stereocenters. The highest BCUT2D eigenvalue weighted by atomic mass is 35.5. The Labute approximate surface area is 207 Å². The van der Waals surface area contributed by atoms with E-state index < -0.39 is 27.5 Å². The van der Waals surface area contributed by atoms with Gasteiger partial charge in [-0.25, -0.2) is 13.2 Å². The molecular weight excluding hydrogens is 498 g/mol. The summed E-state index contributed by atoms with van der Waals surface area (Å²) in [5, 5.41) is 0.210. The molecule has 3 aliphatic rings. The van der Waals surface area contributed by atoms with Crippen molar-refractivity contribution in [2.24, 2.45) is 0 Å². The van der Waals surface area contributed by atoms with Crippen LogP contribution >= 0.6 is 11.6 Å². The molecule has 9 nitrogen and oxygen atoms in total. The summed E-state index contributed by atoms with van der Waals surface area (Å²) in [6.45, 7) is 4.89. The van der Waals surface area contributed by atoms with Crippen LogP contribution in [0.5, 0.6) is 5.75 Å². The molecule has 2 fully saturated rings. The van der Waals surface area contributed by atoms with Gasteiger partial charge in [-0.1, -0.05) is 11.6 Å². The van der Waals surface area contributed by atoms with Gasteiger partial charge in [-0.2, -0.15) is 0 Å². The maximum absolute atomic E-state index is 13.4. The Morgan fingerprint density at radius 2 is 2.00 bits per heavy atom. The molecule has 1 aliphatic carbocycles. The second-order valence-electron chi connectivity index (χ2n) is 9.21. The van der Waals surface area contributed by atoms with Crippen molar-refractivity contribution in [3.8, 4) is 17.0 Å². The molecule has 2 aromatic rings. The number of hydrogen-bond donors (Lipinski definition) is 0. The molecule has 0 N–H and O–H groups in total. The molecule has 3 heterocycles. The number of rotatable bonds is 6. The number of nitrogens with zero attached hydrogens (tertiary/aromatic N) is 1. The van der Waals surface area contributed by atoms with E-state index in [1.807, 2.05) is 0 Å². The van der Waals surface area contributed by atoms with Crippen LogP contribution in [-0.2, 0) is 29.8 Å². The van der Waals surface area contributed by atoms with Gasteiger partial charge in [-0.15, -0.1) is 0 Å². The average molecular weight is 524 g/mol. The van der Waals surface area contributed by atoms with E-state index in [4.69, 9.17) is 30.5 Å². The lowest BCUT2D eigenvalue weighted by Crippen LogP contribution is -2.33. The first-order chi connectivity index (χ1) is 16.7. The number of pyridine rings is 1. The van der Waals surface area contributed by atoms with Gasteiger partial charge in [0.2, 0.25) is 0 Å². The number of ether oxygens (including phenoxy) is 4. The SMILES string of the molecule is CC(C)OC(=O)c1cc2c(n(C3CC3)c1=O)-c1cc(Cl)c(OC[C@H]3COCCO3)cc1S(=O)(=O)C2. The monoisotopic (exact) mass is 523 g/mol. The van der Waals surface area contributed by atoms with Crippen molar-refractivity contribution in [1.29, 1.82) is 0 Å². The van der Waals surface area contributed by atoms with Crippen LogP contribution < -0.4 is 10.3 Å². The zero-order valence-electron chi connectivity index (χ0n) is 19.4. The van der Waals surface area contributed by atoms with Crippen LogP contribution in [0.3, 0.4) is 0 Å². The zero-order valence-corrected chi connectivity index (χ0v) is 21.0. The third-order valence-electron chi connectivity index (χ3n) is 6.07. The number of sulfone groups is 1. The third-order valence-corrected chi connectivity index (χ3v) is 8.06. The highest BCUT2D eigenvalue weighted by Gasteiger charge is 2.38. The van der Waals surface area contributed by atoms with Crippen molar-refractivity contribution >= 4 is 27.4 Å². The number of benzene rings is 1. The highest BCUT2D eigenvalue weighted by Crippen LogP contribution is 2.46. The van der Waals surface area contributed by atoms with Crippen LogP contribution in [0.1, 0.15) is 48.7 Å². The largest absolute Gasteiger partial charge is 0.489 e. The maximum atomic E-state index is 13.4. The first-order valence-electron chi connectivity index (χ1n) is 11.5. The minimum atomic E-state index is -3.80. The minimum Gasteiger partial charge on any atom is -0.489 e. The van der Waals surface area contributed by atoms with Crippen LogP contribution in [0.2, 0.25) is 5.02 Å². The molecule has 0 unspecified atom stereocenters. The third kappa shape index (κ3) is 4.72. The van der Waals surface area contributed by atoms with E-state index in [0.717, 1.165) is 12.8 Å². The molecule has 0 spiro atoms. The summed E-state index contributed by atoms with van der Waals surface area (Å²) < 4.78 is 50.1. The van der Waals surface area contributed by atoms with Gasteiger partial charge < -0.3 is 23.5 Å². The van der Waals surface area contributed by atoms with Gasteiger partial charge in [0.1, 0.15) is 24.0 Å². The fourth-order valence-corrected chi connectivity index (χ4v) is 6.17. The van der Waals surface area contributed by atoms with Gasteiger partial charge in [0, 0.05) is 17.7 Å². The Morgan fingerprint density at radius 1 is 1.23 bits per heavy atom. The van der Waals surface area contributed by atoms with Crippen molar-refractivity contribution in [1.82, 2.24) is 4.57 Å². The van der Waals surface area contributed by atoms with Crippen molar-refractivity contribution < 1.29 is 32.2 Å². The topological polar surface area (TPSA) is 110 Å². The van der Waals surface area contributed by atoms with Crippen LogP contribution in [0.25, 0.3) is 11.3 Å². The van der Waals surface area contributed by atoms with E-state index in [-0.39, 0.29) is 45.7 Å². The molecule has 0 radical (unpaired) electrons. The number of halogens is 1. The minimum absolute atomic E-state index is 0.0384. The normalized spacial score (nSPS) is 20.7. The average Bonchev–Trinajstić information content (AvgIpc) is 3.63. The maximum Gasteiger partial charge on any atom is 0.344 e. The van der Waals surface area contributed by atoms with Crippen LogP contribution in [0.4, 0.5) is 0 Å². The fraction of sp³-hybridized carbons (Fsp3) is 0.500. The molecule has 1 saturated carbocycles. The summed E-state index contributed by atoms with van der Waals surface area (Å²) in [5.74, 6) is -0.907. The van der Waals surface area contributed by atoms with Crippen LogP contribution in [0.15, 0.2) is 27.9 Å². The van der Waals surface area contributed by atoms with Crippen molar-refractivity contribution in [2.75, 3.05) is 26.4 Å². The number of fused-ring (bicyclic) bond motifs is 3. The molecular formula is C24H26ClNO8S. The van der Waals surface area contributed by atoms with Crippen molar-refractivity contribution in [3.63, 3.8) is 0 Å². The number of aromatic nitrogens is 1. The van der Waals surface area contributed by atoms with Crippen molar-refractivity contribution in [2.45, 2.75) is 55.6 Å². The van der Waals surface area contributed by atoms with E-state index in [2.05, 4.69) is 0 Å². The summed E-state index contributed by atoms with van der Waals surface area (Å²) in [5.41, 5.74) is 0.517. The molecule has 2 aliphatic heterocycles. The van der Waals surface area contributed by atoms with Crippen LogP contribution in [0, 0.1) is 0 Å². The lowest BCUT2D eigenvalue weighted by Gasteiger charge is -2.26. The zero-order chi connectivity index (χ0) is 24.9. The van der Waals surface area contributed by atoms with Gasteiger partial charge >= 0.3 is 5.97 Å². The summed E-state index contributed by atoms with van der Waals surface area (Å²) in [7, 11) is -3.80. The molecule has 35 heavy (non-hydrogen) atoms. The molecule has 0 amide bonds. The van der Waals surface area contributed by atoms with Crippen LogP contribution in [-0.4, -0.2) is 57.6 Å². The highest BCUT2D eigenvalue weighted by molar-refractivity contribution is 7.90. The van der Waals surface area contributed by atoms with Gasteiger partial charge in [0.15, 0.2) is 9.84 Å². The Hall–Kier alpha value is -2.40. The standard InChI is InChI=1S/C24H26ClNO8S/c1-13(2)34-24(28)18-7-14-12-35(29,30)21-9-20(33-11-16-10-31-5-6-32-16)19(25)8-17(21)22(14)26(23(18)27)15-3-4-15/h7-9,13,15-16H,3-6,10-12H2,1-2H3/t16-/m1/s1. The summed E-state index contributed by atoms with van der Waals surface area (Å²) in [6, 6.07) is 4.16. The molecule has 5 rings (SSSR count). The van der Waals surface area contributed by atoms with E-state index in [0.29, 0.717) is 36.6 Å². The van der Waals surface area contributed by atoms with Gasteiger partial charge in [-0.3, -0.25) is 4.79 Å². The smallest absolute Gasteiger partial charge is 0.344 e. The quantitative estimate of drug-likeness (QED) is 0.531.